The molecular weight excluding hydrogens is 324 g/mol. The van der Waals surface area contributed by atoms with Crippen molar-refractivity contribution in [2.24, 2.45) is 0 Å². The number of carbonyl (C=O) groups is 3. The van der Waals surface area contributed by atoms with Crippen LogP contribution in [0.5, 0.6) is 5.75 Å². The molecule has 0 heterocycles. The number of urea groups is 1. The summed E-state index contributed by atoms with van der Waals surface area (Å²) in [5, 5.41) is 4.69. The summed E-state index contributed by atoms with van der Waals surface area (Å²) in [6.07, 6.45) is 2.75. The van der Waals surface area contributed by atoms with Crippen LogP contribution in [0.1, 0.15) is 50.4 Å². The maximum absolute atomic E-state index is 11.9. The Morgan fingerprint density at radius 2 is 1.80 bits per heavy atom. The van der Waals surface area contributed by atoms with Crippen molar-refractivity contribution in [3.05, 3.63) is 29.8 Å². The molecule has 0 aliphatic heterocycles. The van der Waals surface area contributed by atoms with Crippen LogP contribution in [0.15, 0.2) is 24.3 Å². The highest BCUT2D eigenvalue weighted by atomic mass is 16.5. The first kappa shape index (κ1) is 20.5. The largest absolute Gasteiger partial charge is 0.494 e. The van der Waals surface area contributed by atoms with Gasteiger partial charge in [-0.25, -0.2) is 9.59 Å². The number of esters is 1. The van der Waals surface area contributed by atoms with E-state index >= 15 is 0 Å². The van der Waals surface area contributed by atoms with Gasteiger partial charge in [-0.3, -0.25) is 10.1 Å². The maximum Gasteiger partial charge on any atom is 0.338 e. The van der Waals surface area contributed by atoms with Crippen molar-refractivity contribution in [2.45, 2.75) is 46.1 Å². The zero-order valence-corrected chi connectivity index (χ0v) is 15.0. The van der Waals surface area contributed by atoms with Crippen molar-refractivity contribution in [1.82, 2.24) is 10.6 Å². The average molecular weight is 350 g/mol. The van der Waals surface area contributed by atoms with Crippen LogP contribution in [0.4, 0.5) is 4.79 Å². The monoisotopic (exact) mass is 350 g/mol. The molecule has 7 nitrogen and oxygen atoms in total. The summed E-state index contributed by atoms with van der Waals surface area (Å²) in [5.74, 6) is -0.657. The molecular formula is C18H26N2O5. The fourth-order valence-electron chi connectivity index (χ4n) is 1.76. The molecule has 2 N–H and O–H groups in total. The number of hydrogen-bond donors (Lipinski definition) is 2. The Kier molecular flexibility index (Phi) is 9.06. The van der Waals surface area contributed by atoms with Gasteiger partial charge in [-0.2, -0.15) is 0 Å². The molecule has 0 unspecified atom stereocenters. The molecule has 0 aliphatic carbocycles. The van der Waals surface area contributed by atoms with Gasteiger partial charge in [-0.15, -0.1) is 0 Å². The molecule has 0 bridgehead atoms. The van der Waals surface area contributed by atoms with Gasteiger partial charge < -0.3 is 14.8 Å². The summed E-state index contributed by atoms with van der Waals surface area (Å²) in [6, 6.07) is 5.82. The van der Waals surface area contributed by atoms with Crippen LogP contribution < -0.4 is 15.4 Å². The normalized spacial score (nSPS) is 11.3. The number of nitrogens with one attached hydrogen (secondary N) is 2. The quantitative estimate of drug-likeness (QED) is 0.527. The Labute approximate surface area is 148 Å². The molecule has 1 aromatic carbocycles. The number of carbonyl (C=O) groups excluding carboxylic acids is 3. The maximum atomic E-state index is 11.9. The van der Waals surface area contributed by atoms with Crippen LogP contribution in [-0.4, -0.2) is 37.2 Å². The third-order valence-electron chi connectivity index (χ3n) is 3.43. The second kappa shape index (κ2) is 11.1. The van der Waals surface area contributed by atoms with Crippen LogP contribution in [0.3, 0.4) is 0 Å². The van der Waals surface area contributed by atoms with E-state index in [1.165, 1.54) is 0 Å². The van der Waals surface area contributed by atoms with Crippen LogP contribution in [-0.2, 0) is 9.53 Å². The predicted molar refractivity (Wildman–Crippen MR) is 93.6 cm³/mol. The summed E-state index contributed by atoms with van der Waals surface area (Å²) in [5.41, 5.74) is 0.305. The van der Waals surface area contributed by atoms with Gasteiger partial charge in [0.2, 0.25) is 0 Å². The van der Waals surface area contributed by atoms with Crippen molar-refractivity contribution in [2.75, 3.05) is 13.2 Å². The highest BCUT2D eigenvalue weighted by Gasteiger charge is 2.13. The van der Waals surface area contributed by atoms with Gasteiger partial charge in [0, 0.05) is 6.04 Å². The number of benzene rings is 1. The third-order valence-corrected chi connectivity index (χ3v) is 3.43. The molecule has 25 heavy (non-hydrogen) atoms. The Morgan fingerprint density at radius 1 is 1.12 bits per heavy atom. The minimum absolute atomic E-state index is 0.0478. The van der Waals surface area contributed by atoms with Crippen molar-refractivity contribution < 1.29 is 23.9 Å². The second-order valence-electron chi connectivity index (χ2n) is 5.63. The van der Waals surface area contributed by atoms with Crippen LogP contribution in [0.2, 0.25) is 0 Å². The lowest BCUT2D eigenvalue weighted by atomic mass is 10.2. The molecule has 0 radical (unpaired) electrons. The van der Waals surface area contributed by atoms with Gasteiger partial charge in [0.15, 0.2) is 6.61 Å². The number of imide groups is 1. The minimum Gasteiger partial charge on any atom is -0.494 e. The van der Waals surface area contributed by atoms with E-state index in [-0.39, 0.29) is 6.04 Å². The van der Waals surface area contributed by atoms with Gasteiger partial charge >= 0.3 is 12.0 Å². The Bertz CT molecular complexity index is 571. The molecule has 0 fully saturated rings. The van der Waals surface area contributed by atoms with Crippen LogP contribution >= 0.6 is 0 Å². The van der Waals surface area contributed by atoms with E-state index in [9.17, 15) is 14.4 Å². The Hall–Kier alpha value is -2.57. The molecule has 1 atom stereocenters. The topological polar surface area (TPSA) is 93.7 Å². The zero-order valence-electron chi connectivity index (χ0n) is 15.0. The van der Waals surface area contributed by atoms with Gasteiger partial charge in [-0.1, -0.05) is 20.3 Å². The van der Waals surface area contributed by atoms with E-state index < -0.39 is 24.5 Å². The second-order valence-corrected chi connectivity index (χ2v) is 5.63. The highest BCUT2D eigenvalue weighted by molar-refractivity contribution is 5.97. The first-order chi connectivity index (χ1) is 12.0. The van der Waals surface area contributed by atoms with Crippen LogP contribution in [0.25, 0.3) is 0 Å². The third kappa shape index (κ3) is 8.19. The molecule has 0 saturated carbocycles. The molecule has 0 saturated heterocycles. The predicted octanol–water partition coefficient (Wildman–Crippen LogP) is 2.65. The number of rotatable bonds is 9. The lowest BCUT2D eigenvalue weighted by Crippen LogP contribution is -2.44. The van der Waals surface area contributed by atoms with E-state index in [4.69, 9.17) is 9.47 Å². The summed E-state index contributed by atoms with van der Waals surface area (Å²) >= 11 is 0. The minimum atomic E-state index is -0.686. The van der Waals surface area contributed by atoms with Gasteiger partial charge in [-0.05, 0) is 44.0 Å². The molecule has 0 aromatic heterocycles. The lowest BCUT2D eigenvalue weighted by molar-refractivity contribution is -0.123. The Morgan fingerprint density at radius 3 is 2.40 bits per heavy atom. The summed E-state index contributed by atoms with van der Waals surface area (Å²) in [6.45, 7) is 5.90. The van der Waals surface area contributed by atoms with Crippen molar-refractivity contribution >= 4 is 17.9 Å². The van der Waals surface area contributed by atoms with Crippen molar-refractivity contribution in [3.63, 3.8) is 0 Å². The van der Waals surface area contributed by atoms with E-state index in [0.29, 0.717) is 17.9 Å². The van der Waals surface area contributed by atoms with E-state index in [2.05, 4.69) is 17.6 Å². The molecule has 1 rings (SSSR count). The standard InChI is InChI=1S/C18H26N2O5/c1-4-6-11-24-15-9-7-14(8-10-15)17(22)25-12-16(21)20-18(23)19-13(3)5-2/h7-10,13H,4-6,11-12H2,1-3H3,(H2,19,20,21,23)/t13-/m1/s1. The zero-order chi connectivity index (χ0) is 18.7. The Balaban J connectivity index is 2.38. The number of unbranched alkanes of at least 4 members (excludes halogenated alkanes) is 1. The van der Waals surface area contributed by atoms with Gasteiger partial charge in [0.1, 0.15) is 5.75 Å². The first-order valence-electron chi connectivity index (χ1n) is 8.46. The summed E-state index contributed by atoms with van der Waals surface area (Å²) in [7, 11) is 0. The van der Waals surface area contributed by atoms with E-state index in [1.54, 1.807) is 24.3 Å². The molecule has 3 amide bonds. The molecule has 0 spiro atoms. The molecule has 1 aromatic rings. The fourth-order valence-corrected chi connectivity index (χ4v) is 1.76. The van der Waals surface area contributed by atoms with Gasteiger partial charge in [0.25, 0.3) is 5.91 Å². The SMILES string of the molecule is CCCCOc1ccc(C(=O)OCC(=O)NC(=O)N[C@H](C)CC)cc1. The number of hydrogen-bond acceptors (Lipinski definition) is 5. The number of ether oxygens (including phenoxy) is 2. The van der Waals surface area contributed by atoms with Crippen molar-refractivity contribution in [3.8, 4) is 5.75 Å². The fraction of sp³-hybridized carbons (Fsp3) is 0.500. The average Bonchev–Trinajstić information content (AvgIpc) is 2.60. The van der Waals surface area contributed by atoms with Crippen LogP contribution in [0, 0.1) is 0 Å². The lowest BCUT2D eigenvalue weighted by Gasteiger charge is -2.11. The summed E-state index contributed by atoms with van der Waals surface area (Å²) < 4.78 is 10.4. The van der Waals surface area contributed by atoms with Crippen molar-refractivity contribution in [1.29, 1.82) is 0 Å². The molecule has 138 valence electrons. The smallest absolute Gasteiger partial charge is 0.338 e. The molecule has 7 heteroatoms. The highest BCUT2D eigenvalue weighted by Crippen LogP contribution is 2.13. The molecule has 0 aliphatic rings. The van der Waals surface area contributed by atoms with E-state index in [1.807, 2.05) is 13.8 Å². The first-order valence-corrected chi connectivity index (χ1v) is 8.46. The van der Waals surface area contributed by atoms with E-state index in [0.717, 1.165) is 19.3 Å². The number of amides is 3. The van der Waals surface area contributed by atoms with Gasteiger partial charge in [0.05, 0.1) is 12.2 Å². The summed E-state index contributed by atoms with van der Waals surface area (Å²) in [4.78, 5) is 35.0.